The number of benzene rings is 1. The molecule has 1 N–H and O–H groups in total. The number of aromatic carboxylic acids is 1. The van der Waals surface area contributed by atoms with Crippen LogP contribution in [0.15, 0.2) is 18.2 Å². The molecule has 108 valence electrons. The number of carboxylic acids is 1. The number of anilines is 1. The van der Waals surface area contributed by atoms with E-state index in [4.69, 9.17) is 5.11 Å². The Hall–Kier alpha value is -2.11. The van der Waals surface area contributed by atoms with E-state index in [0.29, 0.717) is 17.5 Å². The summed E-state index contributed by atoms with van der Waals surface area (Å²) >= 11 is 0. The third kappa shape index (κ3) is 2.74. The summed E-state index contributed by atoms with van der Waals surface area (Å²) < 4.78 is 0. The van der Waals surface area contributed by atoms with Gasteiger partial charge in [-0.3, -0.25) is 10.1 Å². The maximum Gasteiger partial charge on any atom is 0.335 e. The minimum absolute atomic E-state index is 0.0555. The highest BCUT2D eigenvalue weighted by atomic mass is 16.6. The highest BCUT2D eigenvalue weighted by Crippen LogP contribution is 2.34. The molecule has 1 fully saturated rings. The summed E-state index contributed by atoms with van der Waals surface area (Å²) in [6, 6.07) is 4.11. The molecule has 1 aliphatic heterocycles. The second-order valence-corrected chi connectivity index (χ2v) is 5.50. The number of hydrogen-bond acceptors (Lipinski definition) is 4. The highest BCUT2D eigenvalue weighted by molar-refractivity contribution is 5.89. The summed E-state index contributed by atoms with van der Waals surface area (Å²) in [6.45, 7) is 5.85. The standard InChI is InChI=1S/C14H18N2O4/c1-9(2)11-5-6-15(8-11)12-4-3-10(14(17)18)7-13(12)16(19)20/h3-4,7,9,11H,5-6,8H2,1-2H3,(H,17,18). The fourth-order valence-electron chi connectivity index (χ4n) is 2.62. The third-order valence-corrected chi connectivity index (χ3v) is 3.93. The normalized spacial score (nSPS) is 18.6. The lowest BCUT2D eigenvalue weighted by Gasteiger charge is -2.20. The van der Waals surface area contributed by atoms with Crippen molar-refractivity contribution >= 4 is 17.3 Å². The molecular weight excluding hydrogens is 260 g/mol. The summed E-state index contributed by atoms with van der Waals surface area (Å²) in [7, 11) is 0. The molecule has 20 heavy (non-hydrogen) atoms. The molecule has 1 unspecified atom stereocenters. The van der Waals surface area contributed by atoms with Crippen molar-refractivity contribution in [3.8, 4) is 0 Å². The van der Waals surface area contributed by atoms with Crippen LogP contribution in [0.2, 0.25) is 0 Å². The predicted molar refractivity (Wildman–Crippen MR) is 75.2 cm³/mol. The monoisotopic (exact) mass is 278 g/mol. The molecule has 1 heterocycles. The first-order chi connectivity index (χ1) is 9.40. The number of nitrogens with zero attached hydrogens (tertiary/aromatic N) is 2. The second kappa shape index (κ2) is 5.48. The Labute approximate surface area is 117 Å². The van der Waals surface area contributed by atoms with Crippen molar-refractivity contribution in [2.24, 2.45) is 11.8 Å². The van der Waals surface area contributed by atoms with Gasteiger partial charge in [0.2, 0.25) is 0 Å². The van der Waals surface area contributed by atoms with Gasteiger partial charge in [0, 0.05) is 19.2 Å². The number of carbonyl (C=O) groups is 1. The fourth-order valence-corrected chi connectivity index (χ4v) is 2.62. The molecule has 1 atom stereocenters. The van der Waals surface area contributed by atoms with Crippen LogP contribution in [-0.4, -0.2) is 29.1 Å². The van der Waals surface area contributed by atoms with E-state index in [-0.39, 0.29) is 11.3 Å². The fraction of sp³-hybridized carbons (Fsp3) is 0.500. The minimum Gasteiger partial charge on any atom is -0.478 e. The highest BCUT2D eigenvalue weighted by Gasteiger charge is 2.29. The van der Waals surface area contributed by atoms with Gasteiger partial charge in [-0.1, -0.05) is 13.8 Å². The molecule has 0 aliphatic carbocycles. The first-order valence-corrected chi connectivity index (χ1v) is 6.67. The molecular formula is C14H18N2O4. The quantitative estimate of drug-likeness (QED) is 0.676. The molecule has 2 rings (SSSR count). The van der Waals surface area contributed by atoms with Crippen molar-refractivity contribution in [2.75, 3.05) is 18.0 Å². The molecule has 6 nitrogen and oxygen atoms in total. The third-order valence-electron chi connectivity index (χ3n) is 3.93. The van der Waals surface area contributed by atoms with Gasteiger partial charge in [0.05, 0.1) is 10.5 Å². The summed E-state index contributed by atoms with van der Waals surface area (Å²) in [5.41, 5.74) is 0.331. The Morgan fingerprint density at radius 2 is 2.20 bits per heavy atom. The van der Waals surface area contributed by atoms with Crippen LogP contribution in [0.1, 0.15) is 30.6 Å². The molecule has 1 aromatic rings. The molecule has 1 saturated heterocycles. The number of rotatable bonds is 4. The lowest BCUT2D eigenvalue weighted by atomic mass is 9.95. The van der Waals surface area contributed by atoms with Crippen LogP contribution in [0.3, 0.4) is 0 Å². The average molecular weight is 278 g/mol. The van der Waals surface area contributed by atoms with Gasteiger partial charge in [-0.05, 0) is 30.4 Å². The number of hydrogen-bond donors (Lipinski definition) is 1. The molecule has 0 aromatic heterocycles. The Kier molecular flexibility index (Phi) is 3.92. The van der Waals surface area contributed by atoms with E-state index in [1.165, 1.54) is 6.07 Å². The maximum absolute atomic E-state index is 11.2. The zero-order valence-corrected chi connectivity index (χ0v) is 11.6. The van der Waals surface area contributed by atoms with Crippen molar-refractivity contribution in [1.29, 1.82) is 0 Å². The Morgan fingerprint density at radius 3 is 2.70 bits per heavy atom. The van der Waals surface area contributed by atoms with Gasteiger partial charge in [0.25, 0.3) is 5.69 Å². The molecule has 1 aromatic carbocycles. The van der Waals surface area contributed by atoms with Gasteiger partial charge in [-0.25, -0.2) is 4.79 Å². The Morgan fingerprint density at radius 1 is 1.50 bits per heavy atom. The topological polar surface area (TPSA) is 83.7 Å². The van der Waals surface area contributed by atoms with Gasteiger partial charge in [0.1, 0.15) is 5.69 Å². The SMILES string of the molecule is CC(C)C1CCN(c2ccc(C(=O)O)cc2[N+](=O)[O-])C1. The van der Waals surface area contributed by atoms with Crippen LogP contribution in [-0.2, 0) is 0 Å². The second-order valence-electron chi connectivity index (χ2n) is 5.50. The molecule has 0 radical (unpaired) electrons. The first-order valence-electron chi connectivity index (χ1n) is 6.67. The Balaban J connectivity index is 2.32. The average Bonchev–Trinajstić information content (AvgIpc) is 2.87. The number of nitro groups is 1. The van der Waals surface area contributed by atoms with Crippen LogP contribution in [0.5, 0.6) is 0 Å². The predicted octanol–water partition coefficient (Wildman–Crippen LogP) is 2.78. The van der Waals surface area contributed by atoms with Crippen molar-refractivity contribution < 1.29 is 14.8 Å². The molecule has 0 spiro atoms. The van der Waals surface area contributed by atoms with Gasteiger partial charge < -0.3 is 10.0 Å². The molecule has 0 saturated carbocycles. The lowest BCUT2D eigenvalue weighted by molar-refractivity contribution is -0.384. The summed E-state index contributed by atoms with van der Waals surface area (Å²) in [6.07, 6.45) is 1.01. The Bertz CT molecular complexity index is 542. The smallest absolute Gasteiger partial charge is 0.335 e. The van der Waals surface area contributed by atoms with E-state index in [2.05, 4.69) is 13.8 Å². The summed E-state index contributed by atoms with van der Waals surface area (Å²) in [4.78, 5) is 23.5. The van der Waals surface area contributed by atoms with Gasteiger partial charge in [0.15, 0.2) is 0 Å². The van der Waals surface area contributed by atoms with Crippen LogP contribution < -0.4 is 4.90 Å². The molecule has 0 bridgehead atoms. The van der Waals surface area contributed by atoms with E-state index in [0.717, 1.165) is 25.6 Å². The van der Waals surface area contributed by atoms with E-state index in [1.807, 2.05) is 4.90 Å². The van der Waals surface area contributed by atoms with E-state index < -0.39 is 10.9 Å². The van der Waals surface area contributed by atoms with Crippen molar-refractivity contribution in [2.45, 2.75) is 20.3 Å². The van der Waals surface area contributed by atoms with E-state index >= 15 is 0 Å². The van der Waals surface area contributed by atoms with Crippen LogP contribution >= 0.6 is 0 Å². The van der Waals surface area contributed by atoms with Gasteiger partial charge in [-0.2, -0.15) is 0 Å². The zero-order chi connectivity index (χ0) is 14.9. The van der Waals surface area contributed by atoms with Crippen LogP contribution in [0.25, 0.3) is 0 Å². The zero-order valence-electron chi connectivity index (χ0n) is 11.6. The van der Waals surface area contributed by atoms with E-state index in [1.54, 1.807) is 6.07 Å². The maximum atomic E-state index is 11.2. The van der Waals surface area contributed by atoms with Crippen molar-refractivity contribution in [1.82, 2.24) is 0 Å². The first kappa shape index (κ1) is 14.3. The van der Waals surface area contributed by atoms with Crippen LogP contribution in [0.4, 0.5) is 11.4 Å². The molecule has 1 aliphatic rings. The number of nitro benzene ring substituents is 1. The van der Waals surface area contributed by atoms with E-state index in [9.17, 15) is 14.9 Å². The molecule has 0 amide bonds. The van der Waals surface area contributed by atoms with Crippen molar-refractivity contribution in [3.63, 3.8) is 0 Å². The summed E-state index contributed by atoms with van der Waals surface area (Å²) in [5.74, 6) is -0.0905. The summed E-state index contributed by atoms with van der Waals surface area (Å²) in [5, 5.41) is 20.1. The minimum atomic E-state index is -1.15. The van der Waals surface area contributed by atoms with Crippen molar-refractivity contribution in [3.05, 3.63) is 33.9 Å². The van der Waals surface area contributed by atoms with Gasteiger partial charge >= 0.3 is 5.97 Å². The lowest BCUT2D eigenvalue weighted by Crippen LogP contribution is -2.22. The van der Waals surface area contributed by atoms with Gasteiger partial charge in [-0.15, -0.1) is 0 Å². The number of carboxylic acid groups (broad SMARTS) is 1. The van der Waals surface area contributed by atoms with Crippen LogP contribution in [0, 0.1) is 22.0 Å². The largest absolute Gasteiger partial charge is 0.478 e. The molecule has 6 heteroatoms.